The predicted octanol–water partition coefficient (Wildman–Crippen LogP) is 3.53. The molecule has 0 atom stereocenters. The Morgan fingerprint density at radius 2 is 1.93 bits per heavy atom. The van der Waals surface area contributed by atoms with Crippen LogP contribution >= 0.6 is 24.0 Å². The van der Waals surface area contributed by atoms with Crippen LogP contribution in [0.25, 0.3) is 0 Å². The molecule has 0 radical (unpaired) electrons. The van der Waals surface area contributed by atoms with E-state index in [4.69, 9.17) is 11.6 Å². The van der Waals surface area contributed by atoms with E-state index in [1.54, 1.807) is 24.3 Å². The Kier molecular flexibility index (Phi) is 6.55. The average Bonchev–Trinajstić information content (AvgIpc) is 2.60. The lowest BCUT2D eigenvalue weighted by atomic mass is 10.1. The molecule has 1 aromatic heterocycles. The topological polar surface area (TPSA) is 95.1 Å². The number of aromatic amines is 1. The molecule has 0 aliphatic carbocycles. The van der Waals surface area contributed by atoms with Crippen LogP contribution in [-0.4, -0.2) is 21.0 Å². The van der Waals surface area contributed by atoms with Crippen LogP contribution in [0.4, 0.5) is 10.1 Å². The fraction of sp³-hybridized carbons (Fsp3) is 0.0556. The lowest BCUT2D eigenvalue weighted by molar-refractivity contribution is 0.102. The molecule has 3 rings (SSSR count). The van der Waals surface area contributed by atoms with Crippen LogP contribution < -0.4 is 10.9 Å². The Hall–Kier alpha value is -2.90. The Bertz CT molecular complexity index is 1020. The number of amides is 1. The van der Waals surface area contributed by atoms with Gasteiger partial charge in [0.05, 0.1) is 0 Å². The van der Waals surface area contributed by atoms with Crippen LogP contribution in [0.2, 0.25) is 5.02 Å². The Morgan fingerprint density at radius 3 is 2.56 bits per heavy atom. The molecule has 3 N–H and O–H groups in total. The predicted molar refractivity (Wildman–Crippen MR) is 102 cm³/mol. The minimum absolute atomic E-state index is 0. The molecular weight excluding hydrogens is 396 g/mol. The summed E-state index contributed by atoms with van der Waals surface area (Å²) in [4.78, 5) is 30.7. The van der Waals surface area contributed by atoms with Gasteiger partial charge in [-0.15, -0.1) is 12.4 Å². The van der Waals surface area contributed by atoms with E-state index in [2.05, 4.69) is 15.3 Å². The van der Waals surface area contributed by atoms with E-state index < -0.39 is 28.9 Å². The molecule has 1 heterocycles. The van der Waals surface area contributed by atoms with Gasteiger partial charge < -0.3 is 15.4 Å². The number of carbonyl (C=O) groups is 1. The van der Waals surface area contributed by atoms with Gasteiger partial charge in [-0.2, -0.15) is 4.98 Å². The summed E-state index contributed by atoms with van der Waals surface area (Å²) < 4.78 is 13.2. The third-order valence-corrected chi connectivity index (χ3v) is 3.81. The standard InChI is InChI=1S/C18H13ClFN3O3.ClH/c19-12-6-4-10(5-7-12)8-14-21-17(25)15(18(26)22-14)23-16(24)11-2-1-3-13(20)9-11;/h1-7,9H,8H2,(H,23,24)(H2,21,22,25,26);1H. The smallest absolute Gasteiger partial charge is 0.278 e. The Morgan fingerprint density at radius 1 is 1.22 bits per heavy atom. The van der Waals surface area contributed by atoms with Crippen molar-refractivity contribution in [3.05, 3.63) is 86.7 Å². The van der Waals surface area contributed by atoms with Gasteiger partial charge in [0.1, 0.15) is 11.6 Å². The molecule has 0 unspecified atom stereocenters. The first-order chi connectivity index (χ1) is 12.4. The van der Waals surface area contributed by atoms with E-state index >= 15 is 0 Å². The van der Waals surface area contributed by atoms with Crippen molar-refractivity contribution in [2.45, 2.75) is 6.42 Å². The monoisotopic (exact) mass is 409 g/mol. The van der Waals surface area contributed by atoms with Gasteiger partial charge in [-0.05, 0) is 35.9 Å². The molecule has 0 bridgehead atoms. The highest BCUT2D eigenvalue weighted by molar-refractivity contribution is 6.30. The third kappa shape index (κ3) is 5.06. The first kappa shape index (κ1) is 20.4. The van der Waals surface area contributed by atoms with Crippen molar-refractivity contribution in [2.24, 2.45) is 0 Å². The summed E-state index contributed by atoms with van der Waals surface area (Å²) in [6.07, 6.45) is 0.262. The van der Waals surface area contributed by atoms with Crippen LogP contribution in [0.3, 0.4) is 0 Å². The van der Waals surface area contributed by atoms with Crippen LogP contribution in [0.5, 0.6) is 5.88 Å². The molecule has 0 aliphatic rings. The molecule has 2 aromatic carbocycles. The fourth-order valence-electron chi connectivity index (χ4n) is 2.31. The first-order valence-electron chi connectivity index (χ1n) is 7.56. The molecule has 0 saturated heterocycles. The van der Waals surface area contributed by atoms with Crippen molar-refractivity contribution in [1.29, 1.82) is 0 Å². The maximum absolute atomic E-state index is 13.2. The number of hydrogen-bond acceptors (Lipinski definition) is 4. The highest BCUT2D eigenvalue weighted by atomic mass is 35.5. The number of halogens is 3. The molecule has 6 nitrogen and oxygen atoms in total. The normalized spacial score (nSPS) is 10.1. The van der Waals surface area contributed by atoms with Gasteiger partial charge in [0.15, 0.2) is 5.69 Å². The number of aromatic hydroxyl groups is 1. The van der Waals surface area contributed by atoms with Gasteiger partial charge in [0, 0.05) is 17.0 Å². The summed E-state index contributed by atoms with van der Waals surface area (Å²) in [5.74, 6) is -1.73. The maximum Gasteiger partial charge on any atom is 0.278 e. The van der Waals surface area contributed by atoms with Gasteiger partial charge >= 0.3 is 0 Å². The van der Waals surface area contributed by atoms with Gasteiger partial charge in [-0.1, -0.05) is 29.8 Å². The minimum Gasteiger partial charge on any atom is -0.492 e. The zero-order valence-electron chi connectivity index (χ0n) is 13.7. The number of nitrogens with zero attached hydrogens (tertiary/aromatic N) is 1. The van der Waals surface area contributed by atoms with Gasteiger partial charge in [-0.3, -0.25) is 9.59 Å². The molecule has 27 heavy (non-hydrogen) atoms. The van der Waals surface area contributed by atoms with Crippen molar-refractivity contribution in [3.8, 4) is 5.88 Å². The summed E-state index contributed by atoms with van der Waals surface area (Å²) >= 11 is 5.82. The molecule has 0 saturated carbocycles. The second-order valence-corrected chi connectivity index (χ2v) is 5.92. The van der Waals surface area contributed by atoms with E-state index in [-0.39, 0.29) is 30.2 Å². The number of aromatic nitrogens is 2. The van der Waals surface area contributed by atoms with Crippen molar-refractivity contribution in [2.75, 3.05) is 5.32 Å². The second kappa shape index (κ2) is 8.66. The number of rotatable bonds is 4. The van der Waals surface area contributed by atoms with Crippen molar-refractivity contribution in [3.63, 3.8) is 0 Å². The second-order valence-electron chi connectivity index (χ2n) is 5.48. The van der Waals surface area contributed by atoms with Crippen LogP contribution in [0.1, 0.15) is 21.7 Å². The SMILES string of the molecule is Cl.O=C(Nc1c(O)nc(Cc2ccc(Cl)cc2)[nH]c1=O)c1cccc(F)c1. The summed E-state index contributed by atoms with van der Waals surface area (Å²) in [6.45, 7) is 0. The molecule has 1 amide bonds. The summed E-state index contributed by atoms with van der Waals surface area (Å²) in [5, 5.41) is 12.8. The number of hydrogen-bond donors (Lipinski definition) is 3. The number of anilines is 1. The summed E-state index contributed by atoms with van der Waals surface area (Å²) in [5.41, 5.74) is -0.284. The van der Waals surface area contributed by atoms with E-state index in [0.29, 0.717) is 5.02 Å². The average molecular weight is 410 g/mol. The van der Waals surface area contributed by atoms with Gasteiger partial charge in [-0.25, -0.2) is 4.39 Å². The van der Waals surface area contributed by atoms with E-state index in [1.807, 2.05) is 0 Å². The molecule has 0 fully saturated rings. The van der Waals surface area contributed by atoms with E-state index in [0.717, 1.165) is 11.6 Å². The van der Waals surface area contributed by atoms with Crippen LogP contribution in [0, 0.1) is 5.82 Å². The van der Waals surface area contributed by atoms with Crippen molar-refractivity contribution >= 4 is 35.6 Å². The Balaban J connectivity index is 0.00000261. The number of nitrogens with one attached hydrogen (secondary N) is 2. The molecule has 3 aromatic rings. The maximum atomic E-state index is 13.2. The molecule has 140 valence electrons. The summed E-state index contributed by atoms with van der Waals surface area (Å²) in [7, 11) is 0. The van der Waals surface area contributed by atoms with Gasteiger partial charge in [0.2, 0.25) is 5.88 Å². The molecular formula is C18H14Cl2FN3O3. The number of H-pyrrole nitrogens is 1. The van der Waals surface area contributed by atoms with Gasteiger partial charge in [0.25, 0.3) is 11.5 Å². The Labute approximate surface area is 164 Å². The zero-order chi connectivity index (χ0) is 18.7. The molecule has 0 aliphatic heterocycles. The number of carbonyl (C=O) groups excluding carboxylic acids is 1. The van der Waals surface area contributed by atoms with Crippen molar-refractivity contribution < 1.29 is 14.3 Å². The minimum atomic E-state index is -0.738. The lowest BCUT2D eigenvalue weighted by Crippen LogP contribution is -2.22. The number of benzene rings is 2. The first-order valence-corrected chi connectivity index (χ1v) is 7.93. The largest absolute Gasteiger partial charge is 0.492 e. The van der Waals surface area contributed by atoms with Crippen LogP contribution in [-0.2, 0) is 6.42 Å². The fourth-order valence-corrected chi connectivity index (χ4v) is 2.44. The summed E-state index contributed by atoms with van der Waals surface area (Å²) in [6, 6.07) is 11.9. The highest BCUT2D eigenvalue weighted by Crippen LogP contribution is 2.18. The lowest BCUT2D eigenvalue weighted by Gasteiger charge is -2.08. The highest BCUT2D eigenvalue weighted by Gasteiger charge is 2.15. The third-order valence-electron chi connectivity index (χ3n) is 3.56. The van der Waals surface area contributed by atoms with Crippen molar-refractivity contribution in [1.82, 2.24) is 9.97 Å². The molecule has 9 heteroatoms. The van der Waals surface area contributed by atoms with E-state index in [9.17, 15) is 19.1 Å². The quantitative estimate of drug-likeness (QED) is 0.613. The molecule has 0 spiro atoms. The zero-order valence-corrected chi connectivity index (χ0v) is 15.3. The van der Waals surface area contributed by atoms with Crippen LogP contribution in [0.15, 0.2) is 53.3 Å². The van der Waals surface area contributed by atoms with E-state index in [1.165, 1.54) is 18.2 Å².